The lowest BCUT2D eigenvalue weighted by Crippen LogP contribution is -1.96. The summed E-state index contributed by atoms with van der Waals surface area (Å²) in [7, 11) is 0. The number of hydrogen-bond acceptors (Lipinski definition) is 2. The highest BCUT2D eigenvalue weighted by atomic mass is 35.5. The van der Waals surface area contributed by atoms with Crippen molar-refractivity contribution in [2.75, 3.05) is 0 Å². The molecule has 0 amide bonds. The molecule has 1 saturated carbocycles. The molecule has 4 heteroatoms. The third-order valence-corrected chi connectivity index (χ3v) is 4.28. The zero-order chi connectivity index (χ0) is 11.3. The van der Waals surface area contributed by atoms with Crippen molar-refractivity contribution in [2.24, 2.45) is 0 Å². The number of carboxylic acid groups (broad SMARTS) is 1. The lowest BCUT2D eigenvalue weighted by molar-refractivity contribution is 0.0701. The number of hydrogen-bond donors (Lipinski definition) is 1. The number of rotatable bonds is 2. The molecule has 1 N–H and O–H groups in total. The molecule has 1 aliphatic rings. The zero-order valence-electron chi connectivity index (χ0n) is 8.37. The van der Waals surface area contributed by atoms with Gasteiger partial charge in [-0.05, 0) is 47.9 Å². The van der Waals surface area contributed by atoms with E-state index in [-0.39, 0.29) is 0 Å². The van der Waals surface area contributed by atoms with Crippen molar-refractivity contribution in [2.45, 2.75) is 18.8 Å². The first-order valence-corrected chi connectivity index (χ1v) is 6.31. The van der Waals surface area contributed by atoms with Crippen molar-refractivity contribution < 1.29 is 9.90 Å². The van der Waals surface area contributed by atoms with Gasteiger partial charge in [0, 0.05) is 9.72 Å². The highest BCUT2D eigenvalue weighted by Gasteiger charge is 2.31. The zero-order valence-corrected chi connectivity index (χ0v) is 9.94. The number of carbonyl (C=O) groups is 1. The molecule has 0 spiro atoms. The molecule has 0 saturated heterocycles. The number of benzene rings is 1. The Morgan fingerprint density at radius 2 is 2.19 bits per heavy atom. The third kappa shape index (κ3) is 1.51. The Bertz CT molecular complexity index is 584. The normalized spacial score (nSPS) is 15.6. The first-order valence-electron chi connectivity index (χ1n) is 5.12. The molecule has 1 aromatic carbocycles. The van der Waals surface area contributed by atoms with Crippen LogP contribution in [0, 0.1) is 0 Å². The summed E-state index contributed by atoms with van der Waals surface area (Å²) in [6.07, 6.45) is 2.19. The quantitative estimate of drug-likeness (QED) is 0.873. The first kappa shape index (κ1) is 10.1. The number of halogens is 1. The second-order valence-electron chi connectivity index (χ2n) is 4.06. The summed E-state index contributed by atoms with van der Waals surface area (Å²) in [5, 5.41) is 10.9. The van der Waals surface area contributed by atoms with Gasteiger partial charge in [0.2, 0.25) is 0 Å². The van der Waals surface area contributed by atoms with Crippen LogP contribution < -0.4 is 0 Å². The van der Waals surface area contributed by atoms with E-state index in [1.54, 1.807) is 0 Å². The summed E-state index contributed by atoms with van der Waals surface area (Å²) < 4.78 is 1.02. The van der Waals surface area contributed by atoms with Crippen molar-refractivity contribution in [3.05, 3.63) is 33.7 Å². The van der Waals surface area contributed by atoms with Gasteiger partial charge in [0.1, 0.15) is 4.88 Å². The van der Waals surface area contributed by atoms with Crippen LogP contribution in [0.25, 0.3) is 10.1 Å². The number of thiophene rings is 1. The van der Waals surface area contributed by atoms with Crippen molar-refractivity contribution >= 4 is 39.0 Å². The minimum Gasteiger partial charge on any atom is -0.477 e. The van der Waals surface area contributed by atoms with Crippen LogP contribution in [-0.4, -0.2) is 11.1 Å². The van der Waals surface area contributed by atoms with Crippen molar-refractivity contribution in [3.63, 3.8) is 0 Å². The minimum absolute atomic E-state index is 0.429. The molecule has 1 aromatic heterocycles. The van der Waals surface area contributed by atoms with E-state index in [0.717, 1.165) is 28.5 Å². The summed E-state index contributed by atoms with van der Waals surface area (Å²) in [4.78, 5) is 11.7. The van der Waals surface area contributed by atoms with E-state index in [0.29, 0.717) is 15.8 Å². The van der Waals surface area contributed by atoms with E-state index < -0.39 is 5.97 Å². The Hall–Kier alpha value is -1.06. The molecule has 82 valence electrons. The van der Waals surface area contributed by atoms with Gasteiger partial charge in [-0.25, -0.2) is 4.79 Å². The summed E-state index contributed by atoms with van der Waals surface area (Å²) in [5.41, 5.74) is 0.995. The summed E-state index contributed by atoms with van der Waals surface area (Å²) in [5.74, 6) is -0.391. The van der Waals surface area contributed by atoms with E-state index in [1.807, 2.05) is 18.2 Å². The maximum atomic E-state index is 11.2. The van der Waals surface area contributed by atoms with Crippen LogP contribution in [0.15, 0.2) is 18.2 Å². The number of carboxylic acids is 1. The Morgan fingerprint density at radius 3 is 2.81 bits per heavy atom. The monoisotopic (exact) mass is 252 g/mol. The maximum absolute atomic E-state index is 11.2. The van der Waals surface area contributed by atoms with Crippen LogP contribution in [0.1, 0.15) is 34.0 Å². The summed E-state index contributed by atoms with van der Waals surface area (Å²) in [6.45, 7) is 0. The minimum atomic E-state index is -0.820. The Kier molecular flexibility index (Phi) is 2.19. The maximum Gasteiger partial charge on any atom is 0.346 e. The van der Waals surface area contributed by atoms with Gasteiger partial charge in [-0.3, -0.25) is 0 Å². The second kappa shape index (κ2) is 3.47. The van der Waals surface area contributed by atoms with Gasteiger partial charge in [0.25, 0.3) is 0 Å². The molecular formula is C12H9ClO2S. The van der Waals surface area contributed by atoms with Crippen LogP contribution in [0.2, 0.25) is 5.02 Å². The SMILES string of the molecule is O=C(O)c1sc2ccc(Cl)cc2c1C1CC1. The van der Waals surface area contributed by atoms with Crippen molar-refractivity contribution in [1.29, 1.82) is 0 Å². The third-order valence-electron chi connectivity index (χ3n) is 2.87. The number of aromatic carboxylic acids is 1. The molecule has 0 unspecified atom stereocenters. The van der Waals surface area contributed by atoms with Gasteiger partial charge in [-0.1, -0.05) is 11.6 Å². The van der Waals surface area contributed by atoms with Crippen LogP contribution in [0.3, 0.4) is 0 Å². The van der Waals surface area contributed by atoms with Crippen LogP contribution in [0.4, 0.5) is 0 Å². The van der Waals surface area contributed by atoms with Crippen LogP contribution >= 0.6 is 22.9 Å². The molecule has 2 nitrogen and oxygen atoms in total. The van der Waals surface area contributed by atoms with E-state index >= 15 is 0 Å². The molecule has 0 atom stereocenters. The van der Waals surface area contributed by atoms with Gasteiger partial charge >= 0.3 is 5.97 Å². The fraction of sp³-hybridized carbons (Fsp3) is 0.250. The molecular weight excluding hydrogens is 244 g/mol. The molecule has 1 heterocycles. The first-order chi connectivity index (χ1) is 7.66. The second-order valence-corrected chi connectivity index (χ2v) is 5.55. The average molecular weight is 253 g/mol. The van der Waals surface area contributed by atoms with Crippen molar-refractivity contribution in [3.8, 4) is 0 Å². The Balaban J connectivity index is 2.33. The standard InChI is InChI=1S/C12H9ClO2S/c13-7-3-4-9-8(5-7)10(6-1-2-6)11(16-9)12(14)15/h3-6H,1-2H2,(H,14,15). The Morgan fingerprint density at radius 1 is 1.44 bits per heavy atom. The molecule has 1 aliphatic carbocycles. The largest absolute Gasteiger partial charge is 0.477 e. The van der Waals surface area contributed by atoms with Crippen molar-refractivity contribution in [1.82, 2.24) is 0 Å². The highest BCUT2D eigenvalue weighted by molar-refractivity contribution is 7.21. The van der Waals surface area contributed by atoms with E-state index in [9.17, 15) is 9.90 Å². The van der Waals surface area contributed by atoms with Gasteiger partial charge in [-0.15, -0.1) is 11.3 Å². The summed E-state index contributed by atoms with van der Waals surface area (Å²) >= 11 is 7.31. The Labute approximate surface area is 101 Å². The molecule has 0 radical (unpaired) electrons. The molecule has 16 heavy (non-hydrogen) atoms. The average Bonchev–Trinajstić information content (AvgIpc) is 2.99. The van der Waals surface area contributed by atoms with E-state index in [2.05, 4.69) is 0 Å². The van der Waals surface area contributed by atoms with Gasteiger partial charge in [0.05, 0.1) is 0 Å². The molecule has 0 aliphatic heterocycles. The van der Waals surface area contributed by atoms with E-state index in [1.165, 1.54) is 11.3 Å². The predicted molar refractivity (Wildman–Crippen MR) is 65.8 cm³/mol. The lowest BCUT2D eigenvalue weighted by Gasteiger charge is -1.98. The fourth-order valence-corrected chi connectivity index (χ4v) is 3.31. The van der Waals surface area contributed by atoms with Gasteiger partial charge in [-0.2, -0.15) is 0 Å². The van der Waals surface area contributed by atoms with E-state index in [4.69, 9.17) is 11.6 Å². The van der Waals surface area contributed by atoms with Gasteiger partial charge < -0.3 is 5.11 Å². The molecule has 3 rings (SSSR count). The predicted octanol–water partition coefficient (Wildman–Crippen LogP) is 4.13. The van der Waals surface area contributed by atoms with Crippen LogP contribution in [-0.2, 0) is 0 Å². The smallest absolute Gasteiger partial charge is 0.346 e. The topological polar surface area (TPSA) is 37.3 Å². The highest BCUT2D eigenvalue weighted by Crippen LogP contribution is 2.48. The lowest BCUT2D eigenvalue weighted by atomic mass is 10.1. The fourth-order valence-electron chi connectivity index (χ4n) is 2.03. The summed E-state index contributed by atoms with van der Waals surface area (Å²) in [6, 6.07) is 5.59. The molecule has 2 aromatic rings. The van der Waals surface area contributed by atoms with Gasteiger partial charge in [0.15, 0.2) is 0 Å². The molecule has 0 bridgehead atoms. The van der Waals surface area contributed by atoms with Crippen LogP contribution in [0.5, 0.6) is 0 Å². The number of fused-ring (bicyclic) bond motifs is 1. The molecule has 1 fully saturated rings.